The number of ether oxygens (including phenoxy) is 1. The maximum Gasteiger partial charge on any atom is 0.150 e. The molecule has 3 nitrogen and oxygen atoms in total. The minimum absolute atomic E-state index is 0.392. The first-order valence-corrected chi connectivity index (χ1v) is 6.13. The number of halogens is 2. The van der Waals surface area contributed by atoms with E-state index in [1.165, 1.54) is 0 Å². The van der Waals surface area contributed by atoms with Crippen molar-refractivity contribution in [2.24, 2.45) is 5.73 Å². The molecule has 88 valence electrons. The Hall–Kier alpha value is -1.10. The van der Waals surface area contributed by atoms with Crippen LogP contribution in [-0.2, 0) is 6.54 Å². The zero-order valence-corrected chi connectivity index (χ0v) is 11.2. The molecule has 0 saturated carbocycles. The molecule has 0 atom stereocenters. The van der Waals surface area contributed by atoms with Gasteiger partial charge in [-0.15, -0.1) is 0 Å². The fourth-order valence-electron chi connectivity index (χ4n) is 1.34. The average molecular weight is 314 g/mol. The van der Waals surface area contributed by atoms with Crippen LogP contribution in [0.15, 0.2) is 41.1 Å². The number of hydrogen-bond acceptors (Lipinski definition) is 3. The standard InChI is InChI=1S/C12H10BrClN2O/c13-9-1-2-10(14)11(5-9)17-12-7-16-4-3-8(12)6-15/h1-5,7H,6,15H2. The highest BCUT2D eigenvalue weighted by molar-refractivity contribution is 9.10. The van der Waals surface area contributed by atoms with E-state index in [0.29, 0.717) is 23.1 Å². The van der Waals surface area contributed by atoms with E-state index in [1.54, 1.807) is 24.5 Å². The Bertz CT molecular complexity index is 534. The van der Waals surface area contributed by atoms with E-state index in [1.807, 2.05) is 12.1 Å². The van der Waals surface area contributed by atoms with Gasteiger partial charge in [-0.1, -0.05) is 27.5 Å². The van der Waals surface area contributed by atoms with Gasteiger partial charge in [0.15, 0.2) is 0 Å². The monoisotopic (exact) mass is 312 g/mol. The van der Waals surface area contributed by atoms with Crippen LogP contribution in [0.25, 0.3) is 0 Å². The number of benzene rings is 1. The van der Waals surface area contributed by atoms with E-state index in [9.17, 15) is 0 Å². The first-order chi connectivity index (χ1) is 8.20. The fraction of sp³-hybridized carbons (Fsp3) is 0.0833. The number of nitrogens with two attached hydrogens (primary N) is 1. The normalized spacial score (nSPS) is 10.3. The SMILES string of the molecule is NCc1ccncc1Oc1cc(Br)ccc1Cl. The minimum atomic E-state index is 0.392. The van der Waals surface area contributed by atoms with Gasteiger partial charge in [-0.3, -0.25) is 4.98 Å². The Morgan fingerprint density at radius 3 is 2.88 bits per heavy atom. The van der Waals surface area contributed by atoms with E-state index in [0.717, 1.165) is 10.0 Å². The van der Waals surface area contributed by atoms with Gasteiger partial charge in [0, 0.05) is 22.8 Å². The Morgan fingerprint density at radius 1 is 1.29 bits per heavy atom. The third-order valence-electron chi connectivity index (χ3n) is 2.20. The van der Waals surface area contributed by atoms with Gasteiger partial charge >= 0.3 is 0 Å². The summed E-state index contributed by atoms with van der Waals surface area (Å²) in [6.45, 7) is 0.392. The van der Waals surface area contributed by atoms with Crippen LogP contribution >= 0.6 is 27.5 Å². The summed E-state index contributed by atoms with van der Waals surface area (Å²) in [4.78, 5) is 4.01. The molecule has 0 bridgehead atoms. The van der Waals surface area contributed by atoms with Crippen molar-refractivity contribution < 1.29 is 4.74 Å². The Balaban J connectivity index is 2.34. The number of pyridine rings is 1. The predicted molar refractivity (Wildman–Crippen MR) is 71.4 cm³/mol. The highest BCUT2D eigenvalue weighted by Gasteiger charge is 2.07. The van der Waals surface area contributed by atoms with Gasteiger partial charge in [0.2, 0.25) is 0 Å². The zero-order chi connectivity index (χ0) is 12.3. The van der Waals surface area contributed by atoms with Crippen LogP contribution in [0.2, 0.25) is 5.02 Å². The lowest BCUT2D eigenvalue weighted by Gasteiger charge is -2.10. The fourth-order valence-corrected chi connectivity index (χ4v) is 1.84. The molecule has 2 aromatic rings. The second-order valence-electron chi connectivity index (χ2n) is 3.36. The van der Waals surface area contributed by atoms with E-state index >= 15 is 0 Å². The molecule has 0 saturated heterocycles. The first kappa shape index (κ1) is 12.4. The lowest BCUT2D eigenvalue weighted by molar-refractivity contribution is 0.474. The van der Waals surface area contributed by atoms with Crippen molar-refractivity contribution in [3.63, 3.8) is 0 Å². The number of nitrogens with zero attached hydrogens (tertiary/aromatic N) is 1. The molecule has 0 aliphatic heterocycles. The van der Waals surface area contributed by atoms with Crippen molar-refractivity contribution in [3.05, 3.63) is 51.7 Å². The Kier molecular flexibility index (Phi) is 3.99. The maximum atomic E-state index is 6.04. The first-order valence-electron chi connectivity index (χ1n) is 4.96. The minimum Gasteiger partial charge on any atom is -0.454 e. The molecule has 0 spiro atoms. The molecular weight excluding hydrogens is 304 g/mol. The van der Waals surface area contributed by atoms with Gasteiger partial charge in [-0.2, -0.15) is 0 Å². The van der Waals surface area contributed by atoms with Crippen LogP contribution in [0.5, 0.6) is 11.5 Å². The third kappa shape index (κ3) is 2.97. The number of aromatic nitrogens is 1. The Morgan fingerprint density at radius 2 is 2.12 bits per heavy atom. The van der Waals surface area contributed by atoms with Crippen LogP contribution in [0.1, 0.15) is 5.56 Å². The van der Waals surface area contributed by atoms with Gasteiger partial charge < -0.3 is 10.5 Å². The summed E-state index contributed by atoms with van der Waals surface area (Å²) in [5.41, 5.74) is 6.51. The highest BCUT2D eigenvalue weighted by Crippen LogP contribution is 2.32. The maximum absolute atomic E-state index is 6.04. The van der Waals surface area contributed by atoms with Crippen LogP contribution in [-0.4, -0.2) is 4.98 Å². The second kappa shape index (κ2) is 5.49. The van der Waals surface area contributed by atoms with E-state index in [2.05, 4.69) is 20.9 Å². The summed E-state index contributed by atoms with van der Waals surface area (Å²) in [6, 6.07) is 7.23. The molecule has 1 aromatic carbocycles. The summed E-state index contributed by atoms with van der Waals surface area (Å²) in [5, 5.41) is 0.542. The second-order valence-corrected chi connectivity index (χ2v) is 4.69. The third-order valence-corrected chi connectivity index (χ3v) is 3.01. The smallest absolute Gasteiger partial charge is 0.150 e. The summed E-state index contributed by atoms with van der Waals surface area (Å²) in [7, 11) is 0. The van der Waals surface area contributed by atoms with Crippen molar-refractivity contribution >= 4 is 27.5 Å². The molecule has 2 N–H and O–H groups in total. The van der Waals surface area contributed by atoms with Crippen LogP contribution in [0.3, 0.4) is 0 Å². The molecule has 0 aliphatic rings. The molecule has 0 aliphatic carbocycles. The zero-order valence-electron chi connectivity index (χ0n) is 8.86. The molecule has 5 heteroatoms. The van der Waals surface area contributed by atoms with Crippen molar-refractivity contribution in [3.8, 4) is 11.5 Å². The molecule has 0 amide bonds. The van der Waals surface area contributed by atoms with Gasteiger partial charge in [-0.25, -0.2) is 0 Å². The molecule has 0 radical (unpaired) electrons. The van der Waals surface area contributed by atoms with Crippen LogP contribution < -0.4 is 10.5 Å². The lowest BCUT2D eigenvalue weighted by atomic mass is 10.2. The topological polar surface area (TPSA) is 48.1 Å². The molecule has 0 unspecified atom stereocenters. The van der Waals surface area contributed by atoms with Crippen LogP contribution in [0, 0.1) is 0 Å². The summed E-state index contributed by atoms with van der Waals surface area (Å²) < 4.78 is 6.61. The van der Waals surface area contributed by atoms with Crippen molar-refractivity contribution in [1.29, 1.82) is 0 Å². The van der Waals surface area contributed by atoms with Crippen molar-refractivity contribution in [2.75, 3.05) is 0 Å². The summed E-state index contributed by atoms with van der Waals surface area (Å²) in [6.07, 6.45) is 3.30. The van der Waals surface area contributed by atoms with E-state index < -0.39 is 0 Å². The van der Waals surface area contributed by atoms with Gasteiger partial charge in [0.1, 0.15) is 11.5 Å². The van der Waals surface area contributed by atoms with Gasteiger partial charge in [0.25, 0.3) is 0 Å². The summed E-state index contributed by atoms with van der Waals surface area (Å²) in [5.74, 6) is 1.19. The van der Waals surface area contributed by atoms with Crippen LogP contribution in [0.4, 0.5) is 0 Å². The molecular formula is C12H10BrClN2O. The van der Waals surface area contributed by atoms with E-state index in [4.69, 9.17) is 22.1 Å². The van der Waals surface area contributed by atoms with Crippen molar-refractivity contribution in [2.45, 2.75) is 6.54 Å². The van der Waals surface area contributed by atoms with Gasteiger partial charge in [0.05, 0.1) is 11.2 Å². The van der Waals surface area contributed by atoms with Crippen molar-refractivity contribution in [1.82, 2.24) is 4.98 Å². The molecule has 0 fully saturated rings. The average Bonchev–Trinajstić information content (AvgIpc) is 2.34. The quantitative estimate of drug-likeness (QED) is 0.939. The number of rotatable bonds is 3. The van der Waals surface area contributed by atoms with Gasteiger partial charge in [-0.05, 0) is 24.3 Å². The molecule has 1 aromatic heterocycles. The summed E-state index contributed by atoms with van der Waals surface area (Å²) >= 11 is 9.41. The predicted octanol–water partition coefficient (Wildman–Crippen LogP) is 3.75. The number of hydrogen-bond donors (Lipinski definition) is 1. The molecule has 2 rings (SSSR count). The van der Waals surface area contributed by atoms with E-state index in [-0.39, 0.29) is 0 Å². The lowest BCUT2D eigenvalue weighted by Crippen LogP contribution is -1.99. The largest absolute Gasteiger partial charge is 0.454 e. The Labute approximate surface area is 113 Å². The molecule has 1 heterocycles. The molecule has 17 heavy (non-hydrogen) atoms. The highest BCUT2D eigenvalue weighted by atomic mass is 79.9.